The minimum atomic E-state index is -4.63. The number of quaternary nitrogens is 1. The fraction of sp³-hybridized carbons (Fsp3) is 0.969. The number of hydrogen-bond acceptors (Lipinski definition) is 8. The molecule has 0 radical (unpaired) electrons. The monoisotopic (exact) mass is 1070 g/mol. The number of nitrogens with zero attached hydrogens (tertiary/aromatic N) is 1. The van der Waals surface area contributed by atoms with E-state index in [2.05, 4.69) is 13.8 Å². The number of ether oxygens (including phenoxy) is 2. The van der Waals surface area contributed by atoms with Crippen molar-refractivity contribution in [2.75, 3.05) is 47.5 Å². The molecule has 0 aromatic heterocycles. The Bertz CT molecular complexity index is 1210. The Morgan fingerprint density at radius 1 is 0.365 bits per heavy atom. The Labute approximate surface area is 461 Å². The Kier molecular flexibility index (Phi) is 56.0. The molecule has 9 nitrogen and oxygen atoms in total. The van der Waals surface area contributed by atoms with Crippen molar-refractivity contribution in [3.8, 4) is 0 Å². The minimum Gasteiger partial charge on any atom is -0.756 e. The van der Waals surface area contributed by atoms with Crippen molar-refractivity contribution in [1.29, 1.82) is 0 Å². The minimum absolute atomic E-state index is 0.0249. The number of rotatable bonds is 62. The van der Waals surface area contributed by atoms with Gasteiger partial charge in [0.15, 0.2) is 6.10 Å². The number of carbonyl (C=O) groups excluding carboxylic acids is 2. The van der Waals surface area contributed by atoms with Crippen LogP contribution in [0.3, 0.4) is 0 Å². The Morgan fingerprint density at radius 3 is 0.865 bits per heavy atom. The molecule has 2 atom stereocenters. The van der Waals surface area contributed by atoms with Gasteiger partial charge in [-0.25, -0.2) is 0 Å². The molecule has 0 amide bonds. The zero-order valence-corrected chi connectivity index (χ0v) is 51.2. The summed E-state index contributed by atoms with van der Waals surface area (Å²) in [5.74, 6) is -0.806. The van der Waals surface area contributed by atoms with Crippen LogP contribution in [0.15, 0.2) is 0 Å². The third kappa shape index (κ3) is 60.2. The van der Waals surface area contributed by atoms with Crippen molar-refractivity contribution in [3.63, 3.8) is 0 Å². The van der Waals surface area contributed by atoms with Crippen molar-refractivity contribution in [2.45, 2.75) is 354 Å². The van der Waals surface area contributed by atoms with E-state index in [1.165, 1.54) is 283 Å². The van der Waals surface area contributed by atoms with Crippen LogP contribution < -0.4 is 4.89 Å². The van der Waals surface area contributed by atoms with Gasteiger partial charge in [0.05, 0.1) is 27.7 Å². The second-order valence-corrected chi connectivity index (χ2v) is 25.3. The van der Waals surface area contributed by atoms with Gasteiger partial charge in [0, 0.05) is 12.8 Å². The zero-order valence-electron chi connectivity index (χ0n) is 50.3. The first kappa shape index (κ1) is 73.0. The molecule has 0 rings (SSSR count). The summed E-state index contributed by atoms with van der Waals surface area (Å²) in [6.45, 7) is 4.33. The standard InChI is InChI=1S/C64H128NO8P/c1-6-8-10-12-14-16-18-20-22-24-26-28-29-30-31-32-33-34-35-37-39-41-43-45-47-49-51-53-55-57-64(67)73-62(61-72-74(68,69)71-59-58-65(3,4)5)60-70-63(66)56-54-52-50-48-46-44-42-40-38-36-27-25-23-21-19-17-15-13-11-9-7-2/h62H,6-61H2,1-5H3. The number of likely N-dealkylation sites (N-methyl/N-ethyl adjacent to an activating group) is 1. The molecule has 10 heteroatoms. The zero-order chi connectivity index (χ0) is 54.2. The lowest BCUT2D eigenvalue weighted by molar-refractivity contribution is -0.870. The molecule has 0 bridgehead atoms. The maximum atomic E-state index is 12.8. The van der Waals surface area contributed by atoms with Gasteiger partial charge in [-0.2, -0.15) is 0 Å². The fourth-order valence-corrected chi connectivity index (χ4v) is 10.8. The molecule has 0 heterocycles. The van der Waals surface area contributed by atoms with E-state index in [9.17, 15) is 19.0 Å². The lowest BCUT2D eigenvalue weighted by Crippen LogP contribution is -2.37. The van der Waals surface area contributed by atoms with E-state index in [1.54, 1.807) is 0 Å². The summed E-state index contributed by atoms with van der Waals surface area (Å²) in [6, 6.07) is 0. The largest absolute Gasteiger partial charge is 0.756 e. The van der Waals surface area contributed by atoms with E-state index in [0.717, 1.165) is 32.1 Å². The van der Waals surface area contributed by atoms with Gasteiger partial charge in [-0.15, -0.1) is 0 Å². The molecule has 0 aromatic rings. The van der Waals surface area contributed by atoms with E-state index in [1.807, 2.05) is 21.1 Å². The first-order valence-electron chi connectivity index (χ1n) is 32.7. The molecule has 0 N–H and O–H groups in total. The summed E-state index contributed by atoms with van der Waals surface area (Å²) >= 11 is 0. The Balaban J connectivity index is 4.01. The van der Waals surface area contributed by atoms with E-state index in [0.29, 0.717) is 17.4 Å². The van der Waals surface area contributed by atoms with Gasteiger partial charge in [0.2, 0.25) is 0 Å². The van der Waals surface area contributed by atoms with Gasteiger partial charge < -0.3 is 27.9 Å². The van der Waals surface area contributed by atoms with E-state index < -0.39 is 26.5 Å². The van der Waals surface area contributed by atoms with Crippen LogP contribution >= 0.6 is 7.82 Å². The maximum absolute atomic E-state index is 12.8. The van der Waals surface area contributed by atoms with Crippen molar-refractivity contribution in [2.24, 2.45) is 0 Å². The first-order valence-corrected chi connectivity index (χ1v) is 34.2. The highest BCUT2D eigenvalue weighted by atomic mass is 31.2. The second kappa shape index (κ2) is 56.7. The number of unbranched alkanes of at least 4 members (excludes halogenated alkanes) is 48. The fourth-order valence-electron chi connectivity index (χ4n) is 10.1. The van der Waals surface area contributed by atoms with Crippen molar-refractivity contribution in [1.82, 2.24) is 0 Å². The van der Waals surface area contributed by atoms with Crippen LogP contribution in [-0.4, -0.2) is 70.0 Å². The summed E-state index contributed by atoms with van der Waals surface area (Å²) in [6.07, 6.45) is 66.0. The third-order valence-corrected chi connectivity index (χ3v) is 16.1. The summed E-state index contributed by atoms with van der Waals surface area (Å²) in [7, 11) is 1.19. The lowest BCUT2D eigenvalue weighted by Gasteiger charge is -2.28. The average Bonchev–Trinajstić information content (AvgIpc) is 3.36. The molecule has 0 aliphatic rings. The highest BCUT2D eigenvalue weighted by molar-refractivity contribution is 7.45. The smallest absolute Gasteiger partial charge is 0.306 e. The number of esters is 2. The van der Waals surface area contributed by atoms with Gasteiger partial charge in [0.25, 0.3) is 7.82 Å². The van der Waals surface area contributed by atoms with Gasteiger partial charge in [0.1, 0.15) is 19.8 Å². The van der Waals surface area contributed by atoms with Crippen molar-refractivity contribution < 1.29 is 42.1 Å². The topological polar surface area (TPSA) is 111 Å². The SMILES string of the molecule is CCCCCCCCCCCCCCCCCCCCCCCCCCCCCCCC(=O)OC(COC(=O)CCCCCCCCCCCCCCCCCCCCCCC)COP(=O)([O-])OCC[N+](C)(C)C. The third-order valence-electron chi connectivity index (χ3n) is 15.1. The normalized spacial score (nSPS) is 13.1. The molecular weight excluding hydrogens is 942 g/mol. The van der Waals surface area contributed by atoms with E-state index in [4.69, 9.17) is 18.5 Å². The highest BCUT2D eigenvalue weighted by Crippen LogP contribution is 2.38. The molecule has 0 spiro atoms. The van der Waals surface area contributed by atoms with E-state index >= 15 is 0 Å². The van der Waals surface area contributed by atoms with Crippen LogP contribution in [0.1, 0.15) is 348 Å². The van der Waals surface area contributed by atoms with Gasteiger partial charge in [-0.3, -0.25) is 14.2 Å². The van der Waals surface area contributed by atoms with Crippen LogP contribution in [0, 0.1) is 0 Å². The molecule has 0 saturated carbocycles. The summed E-state index contributed by atoms with van der Waals surface area (Å²) < 4.78 is 34.3. The predicted molar refractivity (Wildman–Crippen MR) is 315 cm³/mol. The van der Waals surface area contributed by atoms with Gasteiger partial charge >= 0.3 is 11.9 Å². The van der Waals surface area contributed by atoms with Gasteiger partial charge in [-0.1, -0.05) is 322 Å². The van der Waals surface area contributed by atoms with Crippen LogP contribution in [0.2, 0.25) is 0 Å². The molecule has 0 aliphatic carbocycles. The van der Waals surface area contributed by atoms with Gasteiger partial charge in [-0.05, 0) is 12.8 Å². The second-order valence-electron chi connectivity index (χ2n) is 23.9. The molecule has 0 aliphatic heterocycles. The van der Waals surface area contributed by atoms with Crippen LogP contribution in [0.25, 0.3) is 0 Å². The molecule has 2 unspecified atom stereocenters. The number of phosphoric ester groups is 1. The Hall–Kier alpha value is -0.990. The summed E-state index contributed by atoms with van der Waals surface area (Å²) in [5.41, 5.74) is 0. The van der Waals surface area contributed by atoms with E-state index in [-0.39, 0.29) is 32.0 Å². The van der Waals surface area contributed by atoms with Crippen molar-refractivity contribution in [3.05, 3.63) is 0 Å². The summed E-state index contributed by atoms with van der Waals surface area (Å²) in [5, 5.41) is 0. The molecule has 74 heavy (non-hydrogen) atoms. The van der Waals surface area contributed by atoms with Crippen LogP contribution in [-0.2, 0) is 32.7 Å². The first-order chi connectivity index (χ1) is 36.0. The number of hydrogen-bond donors (Lipinski definition) is 0. The molecular formula is C64H128NO8P. The molecule has 0 fully saturated rings. The predicted octanol–water partition coefficient (Wildman–Crippen LogP) is 20.0. The quantitative estimate of drug-likeness (QED) is 0.0256. The maximum Gasteiger partial charge on any atom is 0.306 e. The van der Waals surface area contributed by atoms with Crippen molar-refractivity contribution >= 4 is 19.8 Å². The molecule has 0 saturated heterocycles. The lowest BCUT2D eigenvalue weighted by atomic mass is 10.0. The Morgan fingerprint density at radius 2 is 0.608 bits per heavy atom. The molecule has 0 aromatic carbocycles. The average molecular weight is 1070 g/mol. The number of phosphoric acid groups is 1. The molecule has 442 valence electrons. The highest BCUT2D eigenvalue weighted by Gasteiger charge is 2.22. The van der Waals surface area contributed by atoms with Crippen LogP contribution in [0.5, 0.6) is 0 Å². The number of carbonyl (C=O) groups is 2. The summed E-state index contributed by atoms with van der Waals surface area (Å²) in [4.78, 5) is 38.0. The van der Waals surface area contributed by atoms with Crippen LogP contribution in [0.4, 0.5) is 0 Å².